The number of Topliss-reactive ketones (excluding diaryl/α,β-unsaturated/α-hetero) is 1. The number of ether oxygens (including phenoxy) is 7. The van der Waals surface area contributed by atoms with Gasteiger partial charge in [0.1, 0.15) is 0 Å². The summed E-state index contributed by atoms with van der Waals surface area (Å²) in [5.74, 6) is -1.23. The maximum atomic E-state index is 12.1. The summed E-state index contributed by atoms with van der Waals surface area (Å²) in [7, 11) is 1.67. The Balaban J connectivity index is 2.18. The van der Waals surface area contributed by atoms with Crippen LogP contribution in [-0.4, -0.2) is 82.4 Å². The molecular weight excluding hydrogens is 440 g/mol. The molecule has 8 heteroatoms. The van der Waals surface area contributed by atoms with Crippen molar-refractivity contribution in [2.45, 2.75) is 104 Å². The summed E-state index contributed by atoms with van der Waals surface area (Å²) in [6.07, 6.45) is 3.89. The summed E-state index contributed by atoms with van der Waals surface area (Å²) in [5.41, 5.74) is -0.603. The van der Waals surface area contributed by atoms with Crippen molar-refractivity contribution in [3.05, 3.63) is 0 Å². The third-order valence-corrected chi connectivity index (χ3v) is 6.02. The largest absolute Gasteiger partial charge is 0.381 e. The molecule has 0 aromatic carbocycles. The van der Waals surface area contributed by atoms with E-state index >= 15 is 0 Å². The molecule has 1 fully saturated rings. The number of hydrogen-bond donors (Lipinski definition) is 0. The van der Waals surface area contributed by atoms with Gasteiger partial charge < -0.3 is 33.2 Å². The summed E-state index contributed by atoms with van der Waals surface area (Å²) < 4.78 is 40.0. The molecule has 0 heterocycles. The van der Waals surface area contributed by atoms with Gasteiger partial charge in [-0.15, -0.1) is 0 Å². The van der Waals surface area contributed by atoms with Crippen LogP contribution in [-0.2, 0) is 38.0 Å². The zero-order valence-electron chi connectivity index (χ0n) is 22.9. The topological polar surface area (TPSA) is 81.7 Å². The normalized spacial score (nSPS) is 18.9. The van der Waals surface area contributed by atoms with E-state index in [4.69, 9.17) is 33.2 Å². The molecule has 8 nitrogen and oxygen atoms in total. The Morgan fingerprint density at radius 3 is 2.00 bits per heavy atom. The van der Waals surface area contributed by atoms with Gasteiger partial charge in [0.25, 0.3) is 0 Å². The molecule has 1 rings (SSSR count). The lowest BCUT2D eigenvalue weighted by Crippen LogP contribution is -2.32. The molecule has 0 radical (unpaired) electrons. The van der Waals surface area contributed by atoms with Crippen LogP contribution in [0.15, 0.2) is 0 Å². The summed E-state index contributed by atoms with van der Waals surface area (Å²) in [6, 6.07) is 0. The van der Waals surface area contributed by atoms with Gasteiger partial charge >= 0.3 is 0 Å². The SMILES string of the molecule is CCCC(OC)OCCOC(C)(C)CCOC(C)(C)CCOCCC1C(=O)C1(OCC)OCC. The van der Waals surface area contributed by atoms with Crippen molar-refractivity contribution in [1.29, 1.82) is 0 Å². The highest BCUT2D eigenvalue weighted by molar-refractivity contribution is 6.05. The van der Waals surface area contributed by atoms with Gasteiger partial charge in [-0.2, -0.15) is 0 Å². The third-order valence-electron chi connectivity index (χ3n) is 6.02. The number of methoxy groups -OCH3 is 1. The maximum absolute atomic E-state index is 12.1. The van der Waals surface area contributed by atoms with Gasteiger partial charge in [0.15, 0.2) is 6.29 Å². The molecule has 2 unspecified atom stereocenters. The zero-order chi connectivity index (χ0) is 25.7. The molecule has 1 saturated carbocycles. The first-order valence-corrected chi connectivity index (χ1v) is 12.9. The van der Waals surface area contributed by atoms with E-state index in [1.165, 1.54) is 0 Å². The van der Waals surface area contributed by atoms with E-state index in [0.29, 0.717) is 52.7 Å². The third kappa shape index (κ3) is 11.0. The second kappa shape index (κ2) is 15.5. The van der Waals surface area contributed by atoms with Crippen molar-refractivity contribution in [2.24, 2.45) is 5.92 Å². The molecule has 34 heavy (non-hydrogen) atoms. The number of ketones is 1. The minimum atomic E-state index is -1.03. The first-order chi connectivity index (χ1) is 16.1. The average molecular weight is 491 g/mol. The zero-order valence-corrected chi connectivity index (χ0v) is 22.9. The smallest absolute Gasteiger partial charge is 0.239 e. The highest BCUT2D eigenvalue weighted by Crippen LogP contribution is 2.45. The van der Waals surface area contributed by atoms with Crippen LogP contribution in [0.3, 0.4) is 0 Å². The Hall–Kier alpha value is -0.610. The summed E-state index contributed by atoms with van der Waals surface area (Å²) >= 11 is 0. The number of rotatable bonds is 22. The van der Waals surface area contributed by atoms with Gasteiger partial charge in [0.2, 0.25) is 11.6 Å². The van der Waals surface area contributed by atoms with Crippen LogP contribution >= 0.6 is 0 Å². The first-order valence-electron chi connectivity index (χ1n) is 12.9. The second-order valence-corrected chi connectivity index (χ2v) is 9.89. The van der Waals surface area contributed by atoms with Gasteiger partial charge in [0, 0.05) is 33.5 Å². The highest BCUT2D eigenvalue weighted by atomic mass is 16.7. The number of hydrogen-bond acceptors (Lipinski definition) is 8. The van der Waals surface area contributed by atoms with E-state index in [2.05, 4.69) is 34.6 Å². The van der Waals surface area contributed by atoms with Crippen molar-refractivity contribution >= 4 is 5.78 Å². The van der Waals surface area contributed by atoms with Crippen LogP contribution < -0.4 is 0 Å². The minimum absolute atomic E-state index is 0.0272. The van der Waals surface area contributed by atoms with E-state index in [1.54, 1.807) is 7.11 Å². The Bertz CT molecular complexity index is 557. The predicted octanol–water partition coefficient (Wildman–Crippen LogP) is 4.52. The minimum Gasteiger partial charge on any atom is -0.381 e. The first kappa shape index (κ1) is 31.4. The molecule has 0 bridgehead atoms. The lowest BCUT2D eigenvalue weighted by Gasteiger charge is -2.30. The average Bonchev–Trinajstić information content (AvgIpc) is 3.31. The van der Waals surface area contributed by atoms with Crippen LogP contribution in [0.2, 0.25) is 0 Å². The van der Waals surface area contributed by atoms with Crippen molar-refractivity contribution in [1.82, 2.24) is 0 Å². The van der Waals surface area contributed by atoms with E-state index in [0.717, 1.165) is 25.7 Å². The standard InChI is InChI=1S/C26H50O8/c1-9-12-22(28-8)30-19-20-34-25(6,7)15-18-33-24(4,5)14-17-29-16-13-21-23(27)26(21,31-10-2)32-11-3/h21-22H,9-20H2,1-8H3. The maximum Gasteiger partial charge on any atom is 0.239 e. The quantitative estimate of drug-likeness (QED) is 0.162. The van der Waals surface area contributed by atoms with Gasteiger partial charge in [-0.1, -0.05) is 13.3 Å². The fraction of sp³-hybridized carbons (Fsp3) is 0.962. The lowest BCUT2D eigenvalue weighted by molar-refractivity contribution is -0.178. The molecule has 0 amide bonds. The fourth-order valence-corrected chi connectivity index (χ4v) is 3.80. The summed E-state index contributed by atoms with van der Waals surface area (Å²) in [6.45, 7) is 17.7. The fourth-order valence-electron chi connectivity index (χ4n) is 3.80. The van der Waals surface area contributed by atoms with Gasteiger partial charge in [0.05, 0.1) is 36.9 Å². The van der Waals surface area contributed by atoms with E-state index in [1.807, 2.05) is 13.8 Å². The Morgan fingerprint density at radius 2 is 1.44 bits per heavy atom. The molecule has 1 aliphatic rings. The number of carbonyl (C=O) groups excluding carboxylic acids is 1. The van der Waals surface area contributed by atoms with Crippen LogP contribution in [0.5, 0.6) is 0 Å². The van der Waals surface area contributed by atoms with Crippen molar-refractivity contribution in [3.8, 4) is 0 Å². The molecule has 0 aromatic heterocycles. The molecule has 2 atom stereocenters. The molecular formula is C26H50O8. The Labute approximate surface area is 207 Å². The van der Waals surface area contributed by atoms with Crippen molar-refractivity contribution < 1.29 is 38.0 Å². The molecule has 0 N–H and O–H groups in total. The van der Waals surface area contributed by atoms with E-state index < -0.39 is 5.79 Å². The molecule has 1 aliphatic carbocycles. The van der Waals surface area contributed by atoms with Crippen LogP contribution in [0.4, 0.5) is 0 Å². The Morgan fingerprint density at radius 1 is 0.853 bits per heavy atom. The highest BCUT2D eigenvalue weighted by Gasteiger charge is 2.67. The summed E-state index contributed by atoms with van der Waals surface area (Å²) in [5, 5.41) is 0. The van der Waals surface area contributed by atoms with Gasteiger partial charge in [-0.05, 0) is 67.2 Å². The second-order valence-electron chi connectivity index (χ2n) is 9.89. The van der Waals surface area contributed by atoms with Crippen LogP contribution in [0.1, 0.15) is 80.6 Å². The molecule has 202 valence electrons. The van der Waals surface area contributed by atoms with Crippen LogP contribution in [0.25, 0.3) is 0 Å². The Kier molecular flexibility index (Phi) is 14.3. The molecule has 0 spiro atoms. The van der Waals surface area contributed by atoms with Crippen molar-refractivity contribution in [2.75, 3.05) is 53.4 Å². The lowest BCUT2D eigenvalue weighted by atomic mass is 10.0. The van der Waals surface area contributed by atoms with Gasteiger partial charge in [-0.3, -0.25) is 4.79 Å². The summed E-state index contributed by atoms with van der Waals surface area (Å²) in [4.78, 5) is 12.1. The van der Waals surface area contributed by atoms with Crippen molar-refractivity contribution in [3.63, 3.8) is 0 Å². The number of carbonyl (C=O) groups is 1. The van der Waals surface area contributed by atoms with E-state index in [9.17, 15) is 4.79 Å². The monoisotopic (exact) mass is 490 g/mol. The van der Waals surface area contributed by atoms with Gasteiger partial charge in [-0.25, -0.2) is 0 Å². The van der Waals surface area contributed by atoms with E-state index in [-0.39, 0.29) is 29.2 Å². The molecule has 0 aromatic rings. The predicted molar refractivity (Wildman–Crippen MR) is 131 cm³/mol. The molecule has 0 aliphatic heterocycles. The van der Waals surface area contributed by atoms with Crippen LogP contribution in [0, 0.1) is 5.92 Å². The molecule has 0 saturated heterocycles.